The topological polar surface area (TPSA) is 30.5 Å². The van der Waals surface area contributed by atoms with Gasteiger partial charge in [0.25, 0.3) is 0 Å². The minimum atomic E-state index is 0.285. The molecule has 1 aromatic rings. The first-order valence-corrected chi connectivity index (χ1v) is 7.29. The lowest BCUT2D eigenvalue weighted by atomic mass is 10.1. The Balaban J connectivity index is 1.98. The second-order valence-electron chi connectivity index (χ2n) is 5.23. The number of nitrogens with one attached hydrogen (secondary N) is 1. The van der Waals surface area contributed by atoms with E-state index in [0.29, 0.717) is 6.10 Å². The van der Waals surface area contributed by atoms with Gasteiger partial charge in [0.05, 0.1) is 12.7 Å². The summed E-state index contributed by atoms with van der Waals surface area (Å²) in [6, 6.07) is 8.64. The van der Waals surface area contributed by atoms with E-state index >= 15 is 0 Å². The summed E-state index contributed by atoms with van der Waals surface area (Å²) in [6.45, 7) is 3.76. The van der Waals surface area contributed by atoms with Crippen LogP contribution in [0.3, 0.4) is 0 Å². The average Bonchev–Trinajstić information content (AvgIpc) is 2.92. The highest BCUT2D eigenvalue weighted by Gasteiger charge is 2.19. The molecule has 0 saturated heterocycles. The highest BCUT2D eigenvalue weighted by atomic mass is 16.5. The first-order chi connectivity index (χ1) is 9.31. The predicted molar refractivity (Wildman–Crippen MR) is 77.6 cm³/mol. The van der Waals surface area contributed by atoms with Crippen LogP contribution in [-0.4, -0.2) is 26.4 Å². The minimum absolute atomic E-state index is 0.285. The molecular formula is C16H25NO2. The molecule has 1 aliphatic rings. The lowest BCUT2D eigenvalue weighted by molar-refractivity contribution is 0.193. The summed E-state index contributed by atoms with van der Waals surface area (Å²) in [7, 11) is 1.73. The molecule has 1 fully saturated rings. The van der Waals surface area contributed by atoms with Gasteiger partial charge in [-0.3, -0.25) is 0 Å². The maximum Gasteiger partial charge on any atom is 0.124 e. The van der Waals surface area contributed by atoms with E-state index in [1.165, 1.54) is 31.2 Å². The van der Waals surface area contributed by atoms with Crippen molar-refractivity contribution < 1.29 is 9.47 Å². The molecule has 1 unspecified atom stereocenters. The van der Waals surface area contributed by atoms with Crippen molar-refractivity contribution in [3.8, 4) is 5.75 Å². The Bertz CT molecular complexity index is 375. The molecule has 1 saturated carbocycles. The van der Waals surface area contributed by atoms with Gasteiger partial charge in [-0.1, -0.05) is 18.2 Å². The van der Waals surface area contributed by atoms with Gasteiger partial charge in [0, 0.05) is 25.3 Å². The Kier molecular flexibility index (Phi) is 5.67. The molecule has 2 rings (SSSR count). The number of para-hydroxylation sites is 1. The van der Waals surface area contributed by atoms with Crippen LogP contribution >= 0.6 is 0 Å². The van der Waals surface area contributed by atoms with Gasteiger partial charge >= 0.3 is 0 Å². The van der Waals surface area contributed by atoms with Crippen LogP contribution in [0.2, 0.25) is 0 Å². The quantitative estimate of drug-likeness (QED) is 0.766. The molecule has 0 amide bonds. The number of hydrogen-bond donors (Lipinski definition) is 1. The Hall–Kier alpha value is -1.06. The van der Waals surface area contributed by atoms with E-state index < -0.39 is 0 Å². The fourth-order valence-corrected chi connectivity index (χ4v) is 2.62. The Morgan fingerprint density at radius 2 is 2.00 bits per heavy atom. The third-order valence-corrected chi connectivity index (χ3v) is 3.74. The third-order valence-electron chi connectivity index (χ3n) is 3.74. The first kappa shape index (κ1) is 14.4. The van der Waals surface area contributed by atoms with Gasteiger partial charge in [-0.25, -0.2) is 0 Å². The smallest absolute Gasteiger partial charge is 0.124 e. The lowest BCUT2D eigenvalue weighted by Crippen LogP contribution is -2.24. The number of benzene rings is 1. The molecule has 0 aromatic heterocycles. The van der Waals surface area contributed by atoms with Gasteiger partial charge in [-0.15, -0.1) is 0 Å². The highest BCUT2D eigenvalue weighted by Crippen LogP contribution is 2.29. The summed E-state index contributed by atoms with van der Waals surface area (Å²) in [5, 5.41) is 3.46. The van der Waals surface area contributed by atoms with Gasteiger partial charge < -0.3 is 14.8 Å². The van der Waals surface area contributed by atoms with Gasteiger partial charge in [0.2, 0.25) is 0 Å². The standard InChI is InChI=1S/C16H25NO2/c1-13(17-11-12-18-2)15-9-5-6-10-16(15)19-14-7-3-4-8-14/h5-6,9-10,13-14,17H,3-4,7-8,11-12H2,1-2H3. The highest BCUT2D eigenvalue weighted by molar-refractivity contribution is 5.35. The zero-order chi connectivity index (χ0) is 13.5. The normalized spacial score (nSPS) is 17.6. The van der Waals surface area contributed by atoms with E-state index in [0.717, 1.165) is 18.9 Å². The summed E-state index contributed by atoms with van der Waals surface area (Å²) in [4.78, 5) is 0. The monoisotopic (exact) mass is 263 g/mol. The molecule has 19 heavy (non-hydrogen) atoms. The molecule has 3 nitrogen and oxygen atoms in total. The van der Waals surface area contributed by atoms with Crippen molar-refractivity contribution in [1.82, 2.24) is 5.32 Å². The number of ether oxygens (including phenoxy) is 2. The van der Waals surface area contributed by atoms with Crippen LogP contribution in [0, 0.1) is 0 Å². The van der Waals surface area contributed by atoms with Gasteiger partial charge in [-0.2, -0.15) is 0 Å². The molecule has 0 spiro atoms. The van der Waals surface area contributed by atoms with E-state index in [-0.39, 0.29) is 6.04 Å². The van der Waals surface area contributed by atoms with E-state index in [1.54, 1.807) is 7.11 Å². The zero-order valence-electron chi connectivity index (χ0n) is 12.0. The maximum absolute atomic E-state index is 6.16. The molecule has 1 aromatic carbocycles. The molecular weight excluding hydrogens is 238 g/mol. The summed E-state index contributed by atoms with van der Waals surface area (Å²) >= 11 is 0. The van der Waals surface area contributed by atoms with Crippen molar-refractivity contribution in [2.24, 2.45) is 0 Å². The second-order valence-corrected chi connectivity index (χ2v) is 5.23. The SMILES string of the molecule is COCCNC(C)c1ccccc1OC1CCCC1. The van der Waals surface area contributed by atoms with Crippen LogP contribution in [0.15, 0.2) is 24.3 Å². The zero-order valence-corrected chi connectivity index (χ0v) is 12.0. The Labute approximate surface area is 116 Å². The van der Waals surface area contributed by atoms with Crippen LogP contribution in [0.5, 0.6) is 5.75 Å². The molecule has 1 atom stereocenters. The third kappa shape index (κ3) is 4.22. The predicted octanol–water partition coefficient (Wildman–Crippen LogP) is 3.31. The summed E-state index contributed by atoms with van der Waals surface area (Å²) in [6.07, 6.45) is 5.40. The first-order valence-electron chi connectivity index (χ1n) is 7.29. The molecule has 0 aliphatic heterocycles. The minimum Gasteiger partial charge on any atom is -0.490 e. The largest absolute Gasteiger partial charge is 0.490 e. The van der Waals surface area contributed by atoms with Crippen molar-refractivity contribution in [3.63, 3.8) is 0 Å². The maximum atomic E-state index is 6.16. The number of hydrogen-bond acceptors (Lipinski definition) is 3. The Morgan fingerprint density at radius 1 is 1.26 bits per heavy atom. The van der Waals surface area contributed by atoms with E-state index in [1.807, 2.05) is 0 Å². The van der Waals surface area contributed by atoms with Crippen molar-refractivity contribution in [2.75, 3.05) is 20.3 Å². The molecule has 106 valence electrons. The van der Waals surface area contributed by atoms with Gasteiger partial charge in [-0.05, 0) is 38.7 Å². The van der Waals surface area contributed by atoms with E-state index in [9.17, 15) is 0 Å². The van der Waals surface area contributed by atoms with E-state index in [2.05, 4.69) is 36.5 Å². The molecule has 1 N–H and O–H groups in total. The average molecular weight is 263 g/mol. The summed E-state index contributed by atoms with van der Waals surface area (Å²) < 4.78 is 11.2. The molecule has 0 heterocycles. The molecule has 3 heteroatoms. The van der Waals surface area contributed by atoms with Crippen LogP contribution in [0.4, 0.5) is 0 Å². The van der Waals surface area contributed by atoms with Gasteiger partial charge in [0.15, 0.2) is 0 Å². The Morgan fingerprint density at radius 3 is 2.74 bits per heavy atom. The van der Waals surface area contributed by atoms with Gasteiger partial charge in [0.1, 0.15) is 5.75 Å². The van der Waals surface area contributed by atoms with Crippen molar-refractivity contribution in [2.45, 2.75) is 44.8 Å². The molecule has 1 aliphatic carbocycles. The second kappa shape index (κ2) is 7.51. The van der Waals surface area contributed by atoms with Crippen molar-refractivity contribution >= 4 is 0 Å². The number of methoxy groups -OCH3 is 1. The number of rotatable bonds is 7. The molecule has 0 radical (unpaired) electrons. The van der Waals surface area contributed by atoms with Crippen LogP contribution < -0.4 is 10.1 Å². The lowest BCUT2D eigenvalue weighted by Gasteiger charge is -2.21. The van der Waals surface area contributed by atoms with Crippen LogP contribution in [-0.2, 0) is 4.74 Å². The summed E-state index contributed by atoms with van der Waals surface area (Å²) in [5.74, 6) is 1.03. The summed E-state index contributed by atoms with van der Waals surface area (Å²) in [5.41, 5.74) is 1.24. The van der Waals surface area contributed by atoms with Crippen molar-refractivity contribution in [1.29, 1.82) is 0 Å². The van der Waals surface area contributed by atoms with Crippen LogP contribution in [0.1, 0.15) is 44.2 Å². The fraction of sp³-hybridized carbons (Fsp3) is 0.625. The van der Waals surface area contributed by atoms with Crippen molar-refractivity contribution in [3.05, 3.63) is 29.8 Å². The van der Waals surface area contributed by atoms with Crippen LogP contribution in [0.25, 0.3) is 0 Å². The molecule has 0 bridgehead atoms. The van der Waals surface area contributed by atoms with E-state index in [4.69, 9.17) is 9.47 Å². The fourth-order valence-electron chi connectivity index (χ4n) is 2.62.